The van der Waals surface area contributed by atoms with Gasteiger partial charge in [-0.15, -0.1) is 0 Å². The summed E-state index contributed by atoms with van der Waals surface area (Å²) in [6.07, 6.45) is 11.2. The summed E-state index contributed by atoms with van der Waals surface area (Å²) < 4.78 is 0. The molecule has 21 heavy (non-hydrogen) atoms. The van der Waals surface area contributed by atoms with E-state index in [1.807, 2.05) is 12.3 Å². The van der Waals surface area contributed by atoms with Gasteiger partial charge in [-0.2, -0.15) is 0 Å². The molecular weight excluding hydrogens is 264 g/mol. The third-order valence-corrected chi connectivity index (χ3v) is 5.35. The van der Waals surface area contributed by atoms with Crippen LogP contribution < -0.4 is 4.90 Å². The van der Waals surface area contributed by atoms with Gasteiger partial charge in [-0.1, -0.05) is 19.3 Å². The van der Waals surface area contributed by atoms with Crippen molar-refractivity contribution in [3.8, 4) is 0 Å². The van der Waals surface area contributed by atoms with Gasteiger partial charge in [-0.3, -0.25) is 0 Å². The quantitative estimate of drug-likeness (QED) is 0.890. The zero-order valence-electron chi connectivity index (χ0n) is 12.3. The minimum absolute atomic E-state index is 0.191. The first kappa shape index (κ1) is 13.1. The fourth-order valence-electron chi connectivity index (χ4n) is 4.33. The molecule has 0 aromatic carbocycles. The van der Waals surface area contributed by atoms with Crippen LogP contribution in [0.25, 0.3) is 11.0 Å². The smallest absolute Gasteiger partial charge is 0.142 e. The number of aromatic nitrogens is 3. The van der Waals surface area contributed by atoms with Gasteiger partial charge in [0.1, 0.15) is 17.8 Å². The third kappa shape index (κ3) is 2.11. The summed E-state index contributed by atoms with van der Waals surface area (Å²) in [5, 5.41) is 10.9. The molecule has 2 fully saturated rings. The highest BCUT2D eigenvalue weighted by Gasteiger charge is 2.44. The number of nitrogens with zero attached hydrogens (tertiary/aromatic N) is 3. The molecule has 112 valence electrons. The first-order chi connectivity index (χ1) is 10.3. The second kappa shape index (κ2) is 4.98. The van der Waals surface area contributed by atoms with Crippen molar-refractivity contribution in [1.29, 1.82) is 0 Å². The molecule has 5 nitrogen and oxygen atoms in total. The van der Waals surface area contributed by atoms with Crippen molar-refractivity contribution in [3.05, 3.63) is 18.6 Å². The standard InChI is InChI=1S/C16H22N4O/c21-9-12-8-16(5-2-1-3-6-16)10-20(12)15-13-4-7-17-14(13)18-11-19-15/h4,7,11-12,21H,1-3,5-6,8-10H2,(H,17,18,19)/t12-/m0/s1. The number of hydrogen-bond donors (Lipinski definition) is 2. The molecule has 2 aromatic rings. The van der Waals surface area contributed by atoms with E-state index in [-0.39, 0.29) is 12.6 Å². The van der Waals surface area contributed by atoms with Crippen LogP contribution in [0.1, 0.15) is 38.5 Å². The lowest BCUT2D eigenvalue weighted by Crippen LogP contribution is -2.34. The van der Waals surface area contributed by atoms with Crippen molar-refractivity contribution in [2.75, 3.05) is 18.1 Å². The summed E-state index contributed by atoms with van der Waals surface area (Å²) in [5.41, 5.74) is 1.26. The van der Waals surface area contributed by atoms with Crippen LogP contribution in [0.3, 0.4) is 0 Å². The average molecular weight is 286 g/mol. The lowest BCUT2D eigenvalue weighted by molar-refractivity contribution is 0.196. The van der Waals surface area contributed by atoms with E-state index in [0.29, 0.717) is 5.41 Å². The summed E-state index contributed by atoms with van der Waals surface area (Å²) in [4.78, 5) is 14.3. The van der Waals surface area contributed by atoms with Crippen LogP contribution in [0.15, 0.2) is 18.6 Å². The predicted molar refractivity (Wildman–Crippen MR) is 82.2 cm³/mol. The second-order valence-electron chi connectivity index (χ2n) is 6.67. The second-order valence-corrected chi connectivity index (χ2v) is 6.67. The predicted octanol–water partition coefficient (Wildman–Crippen LogP) is 2.48. The highest BCUT2D eigenvalue weighted by molar-refractivity contribution is 5.87. The van der Waals surface area contributed by atoms with E-state index in [1.54, 1.807) is 6.33 Å². The molecule has 4 rings (SSSR count). The lowest BCUT2D eigenvalue weighted by atomic mass is 9.73. The Bertz CT molecular complexity index is 632. The van der Waals surface area contributed by atoms with Gasteiger partial charge in [0, 0.05) is 12.7 Å². The van der Waals surface area contributed by atoms with Gasteiger partial charge in [-0.25, -0.2) is 9.97 Å². The number of fused-ring (bicyclic) bond motifs is 1. The van der Waals surface area contributed by atoms with Gasteiger partial charge in [-0.05, 0) is 30.7 Å². The Balaban J connectivity index is 1.71. The molecule has 1 aliphatic heterocycles. The maximum Gasteiger partial charge on any atom is 0.142 e. The van der Waals surface area contributed by atoms with Gasteiger partial charge < -0.3 is 15.0 Å². The lowest BCUT2D eigenvalue weighted by Gasteiger charge is -2.33. The van der Waals surface area contributed by atoms with E-state index in [2.05, 4.69) is 19.9 Å². The average Bonchev–Trinajstić information content (AvgIpc) is 3.12. The van der Waals surface area contributed by atoms with Crippen LogP contribution in [0.5, 0.6) is 0 Å². The number of nitrogens with one attached hydrogen (secondary N) is 1. The Kier molecular flexibility index (Phi) is 3.10. The summed E-state index contributed by atoms with van der Waals surface area (Å²) >= 11 is 0. The monoisotopic (exact) mass is 286 g/mol. The molecule has 1 saturated carbocycles. The topological polar surface area (TPSA) is 65.0 Å². The van der Waals surface area contributed by atoms with E-state index < -0.39 is 0 Å². The number of H-pyrrole nitrogens is 1. The van der Waals surface area contributed by atoms with Crippen molar-refractivity contribution >= 4 is 16.9 Å². The van der Waals surface area contributed by atoms with E-state index in [0.717, 1.165) is 29.8 Å². The van der Waals surface area contributed by atoms with Crippen LogP contribution in [-0.2, 0) is 0 Å². The molecule has 0 radical (unpaired) electrons. The van der Waals surface area contributed by atoms with Crippen molar-refractivity contribution < 1.29 is 5.11 Å². The molecule has 2 N–H and O–H groups in total. The fourth-order valence-corrected chi connectivity index (χ4v) is 4.33. The number of anilines is 1. The maximum absolute atomic E-state index is 9.84. The van der Waals surface area contributed by atoms with Crippen LogP contribution in [0.4, 0.5) is 5.82 Å². The molecule has 5 heteroatoms. The Morgan fingerprint density at radius 3 is 2.95 bits per heavy atom. The highest BCUT2D eigenvalue weighted by Crippen LogP contribution is 2.47. The molecule has 1 saturated heterocycles. The van der Waals surface area contributed by atoms with Crippen LogP contribution >= 0.6 is 0 Å². The summed E-state index contributed by atoms with van der Waals surface area (Å²) in [5.74, 6) is 0.975. The molecule has 0 unspecified atom stereocenters. The summed E-state index contributed by atoms with van der Waals surface area (Å²) in [7, 11) is 0. The van der Waals surface area contributed by atoms with E-state index in [1.165, 1.54) is 32.1 Å². The van der Waals surface area contributed by atoms with Crippen LogP contribution in [0.2, 0.25) is 0 Å². The van der Waals surface area contributed by atoms with Gasteiger partial charge in [0.15, 0.2) is 0 Å². The van der Waals surface area contributed by atoms with Crippen molar-refractivity contribution in [2.24, 2.45) is 5.41 Å². The van der Waals surface area contributed by atoms with E-state index in [4.69, 9.17) is 0 Å². The first-order valence-electron chi connectivity index (χ1n) is 7.97. The summed E-state index contributed by atoms with van der Waals surface area (Å²) in [6, 6.07) is 2.22. The third-order valence-electron chi connectivity index (χ3n) is 5.35. The molecule has 1 atom stereocenters. The highest BCUT2D eigenvalue weighted by atomic mass is 16.3. The molecule has 1 aliphatic carbocycles. The van der Waals surface area contributed by atoms with Crippen LogP contribution in [0, 0.1) is 5.41 Å². The van der Waals surface area contributed by atoms with Crippen molar-refractivity contribution in [1.82, 2.24) is 15.0 Å². The number of aromatic amines is 1. The zero-order valence-corrected chi connectivity index (χ0v) is 12.3. The molecule has 3 heterocycles. The minimum atomic E-state index is 0.191. The Hall–Kier alpha value is -1.62. The minimum Gasteiger partial charge on any atom is -0.394 e. The van der Waals surface area contributed by atoms with Gasteiger partial charge in [0.25, 0.3) is 0 Å². The van der Waals surface area contributed by atoms with Crippen LogP contribution in [-0.4, -0.2) is 39.3 Å². The Morgan fingerprint density at radius 1 is 1.29 bits per heavy atom. The molecule has 2 aromatic heterocycles. The molecule has 2 aliphatic rings. The molecular formula is C16H22N4O. The normalized spacial score (nSPS) is 25.0. The Labute approximate surface area is 124 Å². The number of aliphatic hydroxyl groups excluding tert-OH is 1. The Morgan fingerprint density at radius 2 is 2.14 bits per heavy atom. The molecule has 0 bridgehead atoms. The molecule has 0 amide bonds. The maximum atomic E-state index is 9.84. The zero-order chi connectivity index (χ0) is 14.3. The SMILES string of the molecule is OC[C@@H]1CC2(CCCCC2)CN1c1ncnc2[nH]ccc12. The molecule has 1 spiro atoms. The number of aliphatic hydroxyl groups is 1. The van der Waals surface area contributed by atoms with E-state index >= 15 is 0 Å². The van der Waals surface area contributed by atoms with E-state index in [9.17, 15) is 5.11 Å². The fraction of sp³-hybridized carbons (Fsp3) is 0.625. The number of hydrogen-bond acceptors (Lipinski definition) is 4. The van der Waals surface area contributed by atoms with Gasteiger partial charge in [0.2, 0.25) is 0 Å². The van der Waals surface area contributed by atoms with Gasteiger partial charge in [0.05, 0.1) is 18.0 Å². The van der Waals surface area contributed by atoms with Crippen molar-refractivity contribution in [2.45, 2.75) is 44.6 Å². The first-order valence-corrected chi connectivity index (χ1v) is 7.97. The number of rotatable bonds is 2. The summed E-state index contributed by atoms with van der Waals surface area (Å²) in [6.45, 7) is 1.23. The van der Waals surface area contributed by atoms with Gasteiger partial charge >= 0.3 is 0 Å². The van der Waals surface area contributed by atoms with Crippen molar-refractivity contribution in [3.63, 3.8) is 0 Å². The largest absolute Gasteiger partial charge is 0.394 e.